The SMILES string of the molecule is Cl.O=C(NCCC1CCCNC1)C(Sc1ccc(F)c(F)c1)c1ccccc1. The number of piperidine rings is 1. The molecule has 0 aliphatic carbocycles. The lowest BCUT2D eigenvalue weighted by Crippen LogP contribution is -2.34. The van der Waals surface area contributed by atoms with Gasteiger partial charge in [-0.3, -0.25) is 4.79 Å². The van der Waals surface area contributed by atoms with Crippen LogP contribution in [0.5, 0.6) is 0 Å². The molecule has 3 nitrogen and oxygen atoms in total. The van der Waals surface area contributed by atoms with E-state index in [1.165, 1.54) is 30.7 Å². The predicted octanol–water partition coefficient (Wildman–Crippen LogP) is 4.73. The van der Waals surface area contributed by atoms with E-state index >= 15 is 0 Å². The van der Waals surface area contributed by atoms with Gasteiger partial charge >= 0.3 is 0 Å². The zero-order valence-electron chi connectivity index (χ0n) is 15.5. The van der Waals surface area contributed by atoms with E-state index in [0.29, 0.717) is 17.4 Å². The minimum atomic E-state index is -0.906. The average molecular weight is 427 g/mol. The molecule has 1 fully saturated rings. The number of nitrogens with one attached hydrogen (secondary N) is 2. The van der Waals surface area contributed by atoms with E-state index in [4.69, 9.17) is 0 Å². The third-order valence-corrected chi connectivity index (χ3v) is 5.98. The normalized spacial score (nSPS) is 17.4. The number of thioether (sulfide) groups is 1. The fraction of sp³-hybridized carbons (Fsp3) is 0.381. The van der Waals surface area contributed by atoms with Crippen molar-refractivity contribution in [3.63, 3.8) is 0 Å². The van der Waals surface area contributed by atoms with Crippen molar-refractivity contribution >= 4 is 30.1 Å². The molecule has 0 aromatic heterocycles. The van der Waals surface area contributed by atoms with Crippen LogP contribution >= 0.6 is 24.2 Å². The maximum Gasteiger partial charge on any atom is 0.237 e. The summed E-state index contributed by atoms with van der Waals surface area (Å²) < 4.78 is 26.7. The van der Waals surface area contributed by atoms with Crippen molar-refractivity contribution in [2.45, 2.75) is 29.4 Å². The highest BCUT2D eigenvalue weighted by molar-refractivity contribution is 8.00. The summed E-state index contributed by atoms with van der Waals surface area (Å²) >= 11 is 1.23. The molecule has 0 radical (unpaired) electrons. The first kappa shape index (κ1) is 22.7. The molecule has 7 heteroatoms. The zero-order chi connectivity index (χ0) is 19.1. The Balaban J connectivity index is 0.00000280. The third-order valence-electron chi connectivity index (χ3n) is 4.74. The maximum atomic E-state index is 13.5. The molecule has 2 aromatic rings. The molecule has 1 aliphatic rings. The van der Waals surface area contributed by atoms with E-state index in [2.05, 4.69) is 10.6 Å². The number of benzene rings is 2. The van der Waals surface area contributed by atoms with E-state index < -0.39 is 16.9 Å². The first-order valence-electron chi connectivity index (χ1n) is 9.28. The number of rotatable bonds is 7. The summed E-state index contributed by atoms with van der Waals surface area (Å²) in [5.74, 6) is -1.31. The van der Waals surface area contributed by atoms with Gasteiger partial charge in [0.25, 0.3) is 0 Å². The smallest absolute Gasteiger partial charge is 0.237 e. The quantitative estimate of drug-likeness (QED) is 0.629. The number of carbonyl (C=O) groups is 1. The van der Waals surface area contributed by atoms with Gasteiger partial charge < -0.3 is 10.6 Å². The number of hydrogen-bond donors (Lipinski definition) is 2. The first-order chi connectivity index (χ1) is 13.1. The maximum absolute atomic E-state index is 13.5. The fourth-order valence-electron chi connectivity index (χ4n) is 3.25. The van der Waals surface area contributed by atoms with Crippen LogP contribution < -0.4 is 10.6 Å². The molecule has 2 atom stereocenters. The highest BCUT2D eigenvalue weighted by Crippen LogP contribution is 2.36. The van der Waals surface area contributed by atoms with Crippen LogP contribution in [-0.2, 0) is 4.79 Å². The largest absolute Gasteiger partial charge is 0.355 e. The highest BCUT2D eigenvalue weighted by Gasteiger charge is 2.23. The second-order valence-electron chi connectivity index (χ2n) is 6.78. The minimum absolute atomic E-state index is 0. The number of carbonyl (C=O) groups excluding carboxylic acids is 1. The van der Waals surface area contributed by atoms with Gasteiger partial charge in [0, 0.05) is 11.4 Å². The van der Waals surface area contributed by atoms with Crippen molar-refractivity contribution in [2.24, 2.45) is 5.92 Å². The summed E-state index contributed by atoms with van der Waals surface area (Å²) in [6.45, 7) is 2.69. The summed E-state index contributed by atoms with van der Waals surface area (Å²) in [4.78, 5) is 13.3. The Morgan fingerprint density at radius 2 is 1.96 bits per heavy atom. The van der Waals surface area contributed by atoms with Crippen molar-refractivity contribution in [3.05, 3.63) is 65.7 Å². The molecule has 152 valence electrons. The lowest BCUT2D eigenvalue weighted by atomic mass is 9.96. The van der Waals surface area contributed by atoms with Gasteiger partial charge in [0.15, 0.2) is 11.6 Å². The number of amides is 1. The molecule has 2 unspecified atom stereocenters. The van der Waals surface area contributed by atoms with Crippen LogP contribution in [-0.4, -0.2) is 25.5 Å². The lowest BCUT2D eigenvalue weighted by molar-refractivity contribution is -0.120. The molecule has 1 heterocycles. The van der Waals surface area contributed by atoms with Crippen molar-refractivity contribution in [1.82, 2.24) is 10.6 Å². The van der Waals surface area contributed by atoms with Crippen molar-refractivity contribution in [1.29, 1.82) is 0 Å². The Kier molecular flexibility index (Phi) is 9.22. The summed E-state index contributed by atoms with van der Waals surface area (Å²) in [7, 11) is 0. The summed E-state index contributed by atoms with van der Waals surface area (Å²) in [5, 5.41) is 5.89. The topological polar surface area (TPSA) is 41.1 Å². The van der Waals surface area contributed by atoms with Crippen LogP contribution in [0.25, 0.3) is 0 Å². The Labute approximate surface area is 175 Å². The summed E-state index contributed by atoms with van der Waals surface area (Å²) in [6, 6.07) is 13.1. The lowest BCUT2D eigenvalue weighted by Gasteiger charge is -2.23. The average Bonchev–Trinajstić information content (AvgIpc) is 2.70. The van der Waals surface area contributed by atoms with E-state index in [1.807, 2.05) is 30.3 Å². The van der Waals surface area contributed by atoms with Crippen LogP contribution in [0.1, 0.15) is 30.1 Å². The molecule has 28 heavy (non-hydrogen) atoms. The molecule has 2 aromatic carbocycles. The third kappa shape index (κ3) is 6.47. The van der Waals surface area contributed by atoms with Crippen LogP contribution in [0.2, 0.25) is 0 Å². The molecule has 1 aliphatic heterocycles. The van der Waals surface area contributed by atoms with Crippen molar-refractivity contribution < 1.29 is 13.6 Å². The van der Waals surface area contributed by atoms with Crippen LogP contribution in [0.4, 0.5) is 8.78 Å². The van der Waals surface area contributed by atoms with Crippen LogP contribution in [0, 0.1) is 17.6 Å². The van der Waals surface area contributed by atoms with Gasteiger partial charge in [-0.1, -0.05) is 30.3 Å². The minimum Gasteiger partial charge on any atom is -0.355 e. The van der Waals surface area contributed by atoms with Gasteiger partial charge in [-0.15, -0.1) is 24.2 Å². The van der Waals surface area contributed by atoms with Crippen molar-refractivity contribution in [2.75, 3.05) is 19.6 Å². The molecular formula is C21H25ClF2N2OS. The second kappa shape index (κ2) is 11.4. The zero-order valence-corrected chi connectivity index (χ0v) is 17.1. The van der Waals surface area contributed by atoms with E-state index in [-0.39, 0.29) is 18.3 Å². The predicted molar refractivity (Wildman–Crippen MR) is 112 cm³/mol. The molecular weight excluding hydrogens is 402 g/mol. The number of halogens is 3. The molecule has 3 rings (SSSR count). The van der Waals surface area contributed by atoms with Gasteiger partial charge in [-0.2, -0.15) is 0 Å². The monoisotopic (exact) mass is 426 g/mol. The van der Waals surface area contributed by atoms with Crippen LogP contribution in [0.3, 0.4) is 0 Å². The fourth-order valence-corrected chi connectivity index (χ4v) is 4.32. The summed E-state index contributed by atoms with van der Waals surface area (Å²) in [5.41, 5.74) is 0.837. The molecule has 0 saturated carbocycles. The Morgan fingerprint density at radius 3 is 2.64 bits per heavy atom. The molecule has 2 N–H and O–H groups in total. The standard InChI is InChI=1S/C21H24F2N2OS.ClH/c22-18-9-8-17(13-19(18)23)27-20(16-6-2-1-3-7-16)21(26)25-12-10-15-5-4-11-24-14-15;/h1-3,6-9,13,15,20,24H,4-5,10-12,14H2,(H,25,26);1H. The number of hydrogen-bond acceptors (Lipinski definition) is 3. The molecule has 1 amide bonds. The Morgan fingerprint density at radius 1 is 1.18 bits per heavy atom. The molecule has 0 spiro atoms. The molecule has 0 bridgehead atoms. The van der Waals surface area contributed by atoms with Gasteiger partial charge in [-0.05, 0) is 62.0 Å². The highest BCUT2D eigenvalue weighted by atomic mass is 35.5. The molecule has 1 saturated heterocycles. The van der Waals surface area contributed by atoms with Gasteiger partial charge in [0.2, 0.25) is 5.91 Å². The summed E-state index contributed by atoms with van der Waals surface area (Å²) in [6.07, 6.45) is 3.31. The van der Waals surface area contributed by atoms with E-state index in [0.717, 1.165) is 37.2 Å². The van der Waals surface area contributed by atoms with Gasteiger partial charge in [0.1, 0.15) is 5.25 Å². The second-order valence-corrected chi connectivity index (χ2v) is 7.96. The van der Waals surface area contributed by atoms with E-state index in [9.17, 15) is 13.6 Å². The van der Waals surface area contributed by atoms with Crippen LogP contribution in [0.15, 0.2) is 53.4 Å². The Hall–Kier alpha value is -1.63. The first-order valence-corrected chi connectivity index (χ1v) is 10.2. The van der Waals surface area contributed by atoms with Gasteiger partial charge in [-0.25, -0.2) is 8.78 Å². The van der Waals surface area contributed by atoms with E-state index in [1.54, 1.807) is 0 Å². The van der Waals surface area contributed by atoms with Gasteiger partial charge in [0.05, 0.1) is 0 Å². The Bertz CT molecular complexity index is 757. The van der Waals surface area contributed by atoms with Crippen molar-refractivity contribution in [3.8, 4) is 0 Å².